The molecular weight excluding hydrogens is 170 g/mol. The lowest BCUT2D eigenvalue weighted by molar-refractivity contribution is 0.199. The highest BCUT2D eigenvalue weighted by atomic mass is 32.2. The van der Waals surface area contributed by atoms with Gasteiger partial charge in [-0.2, -0.15) is 11.8 Å². The van der Waals surface area contributed by atoms with Crippen LogP contribution in [0.1, 0.15) is 19.8 Å². The Hall–Kier alpha value is 0.270. The maximum atomic E-state index is 8.79. The molecule has 1 fully saturated rings. The van der Waals surface area contributed by atoms with Gasteiger partial charge >= 0.3 is 0 Å². The van der Waals surface area contributed by atoms with Crippen molar-refractivity contribution >= 4 is 11.8 Å². The second-order valence-electron chi connectivity index (χ2n) is 3.31. The lowest BCUT2D eigenvalue weighted by atomic mass is 10.2. The predicted octanol–water partition coefficient (Wildman–Crippen LogP) is 1.20. The van der Waals surface area contributed by atoms with Crippen LogP contribution in [0.5, 0.6) is 0 Å². The molecule has 1 rings (SSSR count). The Morgan fingerprint density at radius 1 is 1.58 bits per heavy atom. The first-order valence-corrected chi connectivity index (χ1v) is 5.86. The SMILES string of the molecule is CCCC1CN(CCO)CCS1. The standard InChI is InChI=1S/C9H19NOS/c1-2-3-9-8-10(4-6-11)5-7-12-9/h9,11H,2-8H2,1H3. The number of thioether (sulfide) groups is 1. The average Bonchev–Trinajstić information content (AvgIpc) is 2.06. The molecule has 1 unspecified atom stereocenters. The van der Waals surface area contributed by atoms with Gasteiger partial charge in [-0.25, -0.2) is 0 Å². The van der Waals surface area contributed by atoms with Gasteiger partial charge in [0.25, 0.3) is 0 Å². The number of rotatable bonds is 4. The van der Waals surface area contributed by atoms with Crippen LogP contribution in [0.15, 0.2) is 0 Å². The molecular formula is C9H19NOS. The molecule has 1 aliphatic heterocycles. The second kappa shape index (κ2) is 5.84. The number of aliphatic hydroxyl groups excluding tert-OH is 1. The van der Waals surface area contributed by atoms with E-state index in [-0.39, 0.29) is 0 Å². The van der Waals surface area contributed by atoms with Crippen LogP contribution in [0.3, 0.4) is 0 Å². The van der Waals surface area contributed by atoms with Gasteiger partial charge in [0.1, 0.15) is 0 Å². The van der Waals surface area contributed by atoms with Crippen LogP contribution in [-0.2, 0) is 0 Å². The maximum absolute atomic E-state index is 8.79. The van der Waals surface area contributed by atoms with Gasteiger partial charge in [0.2, 0.25) is 0 Å². The van der Waals surface area contributed by atoms with Crippen LogP contribution in [0.2, 0.25) is 0 Å². The minimum atomic E-state index is 0.309. The summed E-state index contributed by atoms with van der Waals surface area (Å²) < 4.78 is 0. The molecule has 1 atom stereocenters. The van der Waals surface area contributed by atoms with E-state index in [1.807, 2.05) is 0 Å². The summed E-state index contributed by atoms with van der Waals surface area (Å²) in [5.41, 5.74) is 0. The smallest absolute Gasteiger partial charge is 0.0558 e. The second-order valence-corrected chi connectivity index (χ2v) is 4.71. The van der Waals surface area contributed by atoms with Crippen LogP contribution in [-0.4, -0.2) is 47.3 Å². The topological polar surface area (TPSA) is 23.5 Å². The van der Waals surface area contributed by atoms with Crippen molar-refractivity contribution in [3.8, 4) is 0 Å². The van der Waals surface area contributed by atoms with E-state index in [4.69, 9.17) is 5.11 Å². The zero-order valence-electron chi connectivity index (χ0n) is 7.83. The summed E-state index contributed by atoms with van der Waals surface area (Å²) >= 11 is 2.09. The van der Waals surface area contributed by atoms with Crippen molar-refractivity contribution in [2.24, 2.45) is 0 Å². The number of β-amino-alcohol motifs (C(OH)–C–C–N with tert-alkyl or cyclic N) is 1. The zero-order valence-corrected chi connectivity index (χ0v) is 8.65. The predicted molar refractivity (Wildman–Crippen MR) is 54.7 cm³/mol. The first-order chi connectivity index (χ1) is 5.86. The van der Waals surface area contributed by atoms with Crippen molar-refractivity contribution in [1.29, 1.82) is 0 Å². The number of aliphatic hydroxyl groups is 1. The normalized spacial score (nSPS) is 26.0. The lowest BCUT2D eigenvalue weighted by Gasteiger charge is -2.31. The van der Waals surface area contributed by atoms with E-state index in [1.165, 1.54) is 25.1 Å². The molecule has 0 aliphatic carbocycles. The van der Waals surface area contributed by atoms with Gasteiger partial charge in [-0.3, -0.25) is 4.90 Å². The minimum absolute atomic E-state index is 0.309. The fourth-order valence-corrected chi connectivity index (χ4v) is 3.04. The molecule has 1 saturated heterocycles. The van der Waals surface area contributed by atoms with Crippen LogP contribution in [0.4, 0.5) is 0 Å². The Morgan fingerprint density at radius 2 is 2.42 bits per heavy atom. The Balaban J connectivity index is 2.20. The molecule has 0 radical (unpaired) electrons. The summed E-state index contributed by atoms with van der Waals surface area (Å²) in [5, 5.41) is 9.60. The molecule has 0 aromatic heterocycles. The highest BCUT2D eigenvalue weighted by Gasteiger charge is 2.18. The van der Waals surface area contributed by atoms with Gasteiger partial charge in [0.05, 0.1) is 6.61 Å². The van der Waals surface area contributed by atoms with Crippen molar-refractivity contribution in [1.82, 2.24) is 4.90 Å². The third-order valence-corrected chi connectivity index (χ3v) is 3.52. The Bertz CT molecular complexity index is 105. The van der Waals surface area contributed by atoms with Crippen molar-refractivity contribution in [2.75, 3.05) is 32.0 Å². The number of hydrogen-bond acceptors (Lipinski definition) is 3. The largest absolute Gasteiger partial charge is 0.395 e. The Morgan fingerprint density at radius 3 is 3.08 bits per heavy atom. The molecule has 1 aliphatic rings. The summed E-state index contributed by atoms with van der Waals surface area (Å²) in [6.07, 6.45) is 2.61. The van der Waals surface area contributed by atoms with Gasteiger partial charge in [-0.1, -0.05) is 13.3 Å². The molecule has 3 heteroatoms. The van der Waals surface area contributed by atoms with E-state index in [1.54, 1.807) is 0 Å². The first-order valence-electron chi connectivity index (χ1n) is 4.81. The minimum Gasteiger partial charge on any atom is -0.395 e. The van der Waals surface area contributed by atoms with Gasteiger partial charge in [0.15, 0.2) is 0 Å². The van der Waals surface area contributed by atoms with Crippen molar-refractivity contribution < 1.29 is 5.11 Å². The molecule has 0 aromatic rings. The van der Waals surface area contributed by atoms with Crippen molar-refractivity contribution in [3.05, 3.63) is 0 Å². The van der Waals surface area contributed by atoms with Crippen LogP contribution in [0.25, 0.3) is 0 Å². The van der Waals surface area contributed by atoms with E-state index in [0.717, 1.165) is 18.3 Å². The number of hydrogen-bond donors (Lipinski definition) is 1. The molecule has 2 nitrogen and oxygen atoms in total. The van der Waals surface area contributed by atoms with Gasteiger partial charge in [0, 0.05) is 30.6 Å². The number of nitrogens with zero attached hydrogens (tertiary/aromatic N) is 1. The molecule has 0 amide bonds. The van der Waals surface area contributed by atoms with Crippen LogP contribution >= 0.6 is 11.8 Å². The molecule has 1 heterocycles. The highest BCUT2D eigenvalue weighted by Crippen LogP contribution is 2.21. The van der Waals surface area contributed by atoms with Crippen molar-refractivity contribution in [3.63, 3.8) is 0 Å². The monoisotopic (exact) mass is 189 g/mol. The fraction of sp³-hybridized carbons (Fsp3) is 1.00. The maximum Gasteiger partial charge on any atom is 0.0558 e. The van der Waals surface area contributed by atoms with Crippen LogP contribution in [0, 0.1) is 0 Å². The Kier molecular flexibility index (Phi) is 5.04. The summed E-state index contributed by atoms with van der Waals surface area (Å²) in [6, 6.07) is 0. The van der Waals surface area contributed by atoms with E-state index < -0.39 is 0 Å². The molecule has 12 heavy (non-hydrogen) atoms. The first kappa shape index (κ1) is 10.4. The summed E-state index contributed by atoms with van der Waals surface area (Å²) in [4.78, 5) is 2.37. The molecule has 0 aromatic carbocycles. The summed E-state index contributed by atoms with van der Waals surface area (Å²) in [7, 11) is 0. The van der Waals surface area contributed by atoms with E-state index in [0.29, 0.717) is 6.61 Å². The highest BCUT2D eigenvalue weighted by molar-refractivity contribution is 8.00. The average molecular weight is 189 g/mol. The van der Waals surface area contributed by atoms with Crippen LogP contribution < -0.4 is 0 Å². The molecule has 0 spiro atoms. The summed E-state index contributed by atoms with van der Waals surface area (Å²) in [6.45, 7) is 5.75. The fourth-order valence-electron chi connectivity index (χ4n) is 1.62. The Labute approximate surface area is 79.3 Å². The van der Waals surface area contributed by atoms with E-state index in [2.05, 4.69) is 23.6 Å². The third-order valence-electron chi connectivity index (χ3n) is 2.25. The molecule has 0 saturated carbocycles. The van der Waals surface area contributed by atoms with E-state index >= 15 is 0 Å². The third kappa shape index (κ3) is 3.33. The molecule has 0 bridgehead atoms. The quantitative estimate of drug-likeness (QED) is 0.719. The van der Waals surface area contributed by atoms with Crippen molar-refractivity contribution in [2.45, 2.75) is 25.0 Å². The van der Waals surface area contributed by atoms with Gasteiger partial charge in [-0.05, 0) is 6.42 Å². The lowest BCUT2D eigenvalue weighted by Crippen LogP contribution is -2.39. The summed E-state index contributed by atoms with van der Waals surface area (Å²) in [5.74, 6) is 1.24. The van der Waals surface area contributed by atoms with Gasteiger partial charge < -0.3 is 5.11 Å². The zero-order chi connectivity index (χ0) is 8.81. The van der Waals surface area contributed by atoms with E-state index in [9.17, 15) is 0 Å². The van der Waals surface area contributed by atoms with Gasteiger partial charge in [-0.15, -0.1) is 0 Å². The molecule has 1 N–H and O–H groups in total. The molecule has 72 valence electrons.